The molecule has 2 aromatic rings. The van der Waals surface area contributed by atoms with Crippen molar-refractivity contribution < 1.29 is 22.3 Å². The Bertz CT molecular complexity index is 998. The van der Waals surface area contributed by atoms with Crippen molar-refractivity contribution in [3.63, 3.8) is 0 Å². The van der Waals surface area contributed by atoms with Crippen molar-refractivity contribution in [2.45, 2.75) is 17.9 Å². The third kappa shape index (κ3) is 5.13. The van der Waals surface area contributed by atoms with Gasteiger partial charge >= 0.3 is 0 Å². The van der Waals surface area contributed by atoms with Gasteiger partial charge in [0.05, 0.1) is 24.2 Å². The van der Waals surface area contributed by atoms with Crippen LogP contribution in [0.5, 0.6) is 0 Å². The molecule has 1 fully saturated rings. The zero-order valence-corrected chi connectivity index (χ0v) is 17.8. The van der Waals surface area contributed by atoms with Gasteiger partial charge in [0.15, 0.2) is 0 Å². The van der Waals surface area contributed by atoms with Gasteiger partial charge in [-0.1, -0.05) is 24.3 Å². The minimum Gasteiger partial charge on any atom is -0.379 e. The number of benzene rings is 2. The van der Waals surface area contributed by atoms with Gasteiger partial charge in [0, 0.05) is 26.2 Å². The minimum absolute atomic E-state index is 0.211. The highest BCUT2D eigenvalue weighted by Gasteiger charge is 2.26. The fourth-order valence-electron chi connectivity index (χ4n) is 3.13. The van der Waals surface area contributed by atoms with Gasteiger partial charge in [-0.25, -0.2) is 12.8 Å². The Kier molecular flexibility index (Phi) is 7.02. The smallest absolute Gasteiger partial charge is 0.246 e. The molecule has 2 aromatic carbocycles. The largest absolute Gasteiger partial charge is 0.379 e. The van der Waals surface area contributed by atoms with Gasteiger partial charge in [0.25, 0.3) is 0 Å². The molecule has 0 bridgehead atoms. The lowest BCUT2D eigenvalue weighted by Crippen LogP contribution is -2.40. The van der Waals surface area contributed by atoms with Crippen molar-refractivity contribution in [2.75, 3.05) is 33.4 Å². The van der Waals surface area contributed by atoms with Crippen molar-refractivity contribution in [1.29, 1.82) is 0 Å². The fourth-order valence-corrected chi connectivity index (χ4v) is 4.54. The molecule has 1 atom stereocenters. The van der Waals surface area contributed by atoms with E-state index < -0.39 is 10.0 Å². The number of morpholine rings is 1. The molecular weight excluding hydrogens is 407 g/mol. The maximum atomic E-state index is 13.1. The van der Waals surface area contributed by atoms with Gasteiger partial charge in [0.2, 0.25) is 15.9 Å². The van der Waals surface area contributed by atoms with Crippen LogP contribution in [0.2, 0.25) is 0 Å². The second-order valence-electron chi connectivity index (χ2n) is 7.10. The first-order chi connectivity index (χ1) is 14.3. The highest BCUT2D eigenvalue weighted by Crippen LogP contribution is 2.20. The maximum Gasteiger partial charge on any atom is 0.246 e. The Balaban J connectivity index is 1.65. The van der Waals surface area contributed by atoms with Crippen molar-refractivity contribution in [1.82, 2.24) is 9.21 Å². The molecule has 30 heavy (non-hydrogen) atoms. The molecule has 160 valence electrons. The number of hydrogen-bond donors (Lipinski definition) is 0. The Morgan fingerprint density at radius 1 is 1.10 bits per heavy atom. The Hall–Kier alpha value is -2.55. The standard InChI is InChI=1S/C22H25FN2O4S/c1-17(19-6-8-20(23)9-7-19)24(2)22(26)12-5-18-3-10-21(11-4-18)30(27,28)25-13-15-29-16-14-25/h3-12,17H,13-16H2,1-2H3/b12-5+. The van der Waals surface area contributed by atoms with Gasteiger partial charge in [-0.15, -0.1) is 0 Å². The molecule has 1 saturated heterocycles. The second-order valence-corrected chi connectivity index (χ2v) is 9.03. The van der Waals surface area contributed by atoms with Gasteiger partial charge in [0.1, 0.15) is 5.82 Å². The van der Waals surface area contributed by atoms with E-state index >= 15 is 0 Å². The molecule has 0 radical (unpaired) electrons. The predicted octanol–water partition coefficient (Wildman–Crippen LogP) is 3.08. The average molecular weight is 433 g/mol. The number of likely N-dealkylation sites (N-methyl/N-ethyl adjacent to an activating group) is 1. The summed E-state index contributed by atoms with van der Waals surface area (Å²) in [6, 6.07) is 12.2. The maximum absolute atomic E-state index is 13.1. The molecule has 0 aromatic heterocycles. The molecule has 1 aliphatic heterocycles. The molecule has 0 aliphatic carbocycles. The number of hydrogen-bond acceptors (Lipinski definition) is 4. The monoisotopic (exact) mass is 432 g/mol. The van der Waals surface area contributed by atoms with E-state index in [2.05, 4.69) is 0 Å². The van der Waals surface area contributed by atoms with E-state index in [1.807, 2.05) is 6.92 Å². The predicted molar refractivity (Wildman–Crippen MR) is 113 cm³/mol. The van der Waals surface area contributed by atoms with E-state index in [0.29, 0.717) is 31.9 Å². The average Bonchev–Trinajstić information content (AvgIpc) is 2.78. The van der Waals surface area contributed by atoms with E-state index in [-0.39, 0.29) is 22.7 Å². The number of carbonyl (C=O) groups excluding carboxylic acids is 1. The third-order valence-corrected chi connectivity index (χ3v) is 7.10. The van der Waals surface area contributed by atoms with Gasteiger partial charge < -0.3 is 9.64 Å². The van der Waals surface area contributed by atoms with E-state index in [1.165, 1.54) is 22.5 Å². The molecule has 3 rings (SSSR count). The van der Waals surface area contributed by atoms with Crippen LogP contribution in [-0.4, -0.2) is 56.9 Å². The topological polar surface area (TPSA) is 66.9 Å². The zero-order chi connectivity index (χ0) is 21.7. The number of nitrogens with zero attached hydrogens (tertiary/aromatic N) is 2. The van der Waals surface area contributed by atoms with Crippen molar-refractivity contribution >= 4 is 22.0 Å². The first kappa shape index (κ1) is 22.1. The van der Waals surface area contributed by atoms with Crippen LogP contribution in [0.3, 0.4) is 0 Å². The summed E-state index contributed by atoms with van der Waals surface area (Å²) in [6.07, 6.45) is 3.08. The van der Waals surface area contributed by atoms with Crippen LogP contribution in [0, 0.1) is 5.82 Å². The van der Waals surface area contributed by atoms with Crippen LogP contribution in [0.1, 0.15) is 24.1 Å². The summed E-state index contributed by atoms with van der Waals surface area (Å²) in [6.45, 7) is 3.34. The molecule has 0 saturated carbocycles. The number of amides is 1. The lowest BCUT2D eigenvalue weighted by atomic mass is 10.1. The molecule has 6 nitrogen and oxygen atoms in total. The van der Waals surface area contributed by atoms with Crippen LogP contribution >= 0.6 is 0 Å². The first-order valence-corrected chi connectivity index (χ1v) is 11.1. The highest BCUT2D eigenvalue weighted by atomic mass is 32.2. The first-order valence-electron chi connectivity index (χ1n) is 9.67. The summed E-state index contributed by atoms with van der Waals surface area (Å²) in [5.41, 5.74) is 1.55. The van der Waals surface area contributed by atoms with Gasteiger partial charge in [-0.05, 0) is 48.4 Å². The molecule has 1 unspecified atom stereocenters. The molecular formula is C22H25FN2O4S. The molecule has 8 heteroatoms. The third-order valence-electron chi connectivity index (χ3n) is 5.19. The van der Waals surface area contributed by atoms with Gasteiger partial charge in [-0.3, -0.25) is 4.79 Å². The second kappa shape index (κ2) is 9.51. The normalized spacial score (nSPS) is 16.5. The van der Waals surface area contributed by atoms with Crippen LogP contribution in [0.15, 0.2) is 59.5 Å². The lowest BCUT2D eigenvalue weighted by Gasteiger charge is -2.26. The Morgan fingerprint density at radius 2 is 1.70 bits per heavy atom. The fraction of sp³-hybridized carbons (Fsp3) is 0.318. The van der Waals surface area contributed by atoms with Crippen LogP contribution in [-0.2, 0) is 19.6 Å². The van der Waals surface area contributed by atoms with Crippen LogP contribution < -0.4 is 0 Å². The summed E-state index contributed by atoms with van der Waals surface area (Å²) in [5.74, 6) is -0.532. The quantitative estimate of drug-likeness (QED) is 0.658. The lowest BCUT2D eigenvalue weighted by molar-refractivity contribution is -0.126. The van der Waals surface area contributed by atoms with Crippen molar-refractivity contribution in [3.8, 4) is 0 Å². The number of halogens is 1. The summed E-state index contributed by atoms with van der Waals surface area (Å²) in [4.78, 5) is 14.3. The highest BCUT2D eigenvalue weighted by molar-refractivity contribution is 7.89. The Morgan fingerprint density at radius 3 is 2.30 bits per heavy atom. The number of sulfonamides is 1. The van der Waals surface area contributed by atoms with Crippen molar-refractivity contribution in [2.24, 2.45) is 0 Å². The van der Waals surface area contributed by atoms with Gasteiger partial charge in [-0.2, -0.15) is 4.31 Å². The Labute approximate surface area is 176 Å². The van der Waals surface area contributed by atoms with E-state index in [9.17, 15) is 17.6 Å². The number of ether oxygens (including phenoxy) is 1. The zero-order valence-electron chi connectivity index (χ0n) is 17.0. The minimum atomic E-state index is -3.54. The van der Waals surface area contributed by atoms with E-state index in [0.717, 1.165) is 5.56 Å². The number of carbonyl (C=O) groups is 1. The van der Waals surface area contributed by atoms with E-state index in [1.54, 1.807) is 54.4 Å². The molecule has 1 heterocycles. The summed E-state index contributed by atoms with van der Waals surface area (Å²) in [7, 11) is -1.86. The van der Waals surface area contributed by atoms with Crippen LogP contribution in [0.25, 0.3) is 6.08 Å². The van der Waals surface area contributed by atoms with Crippen molar-refractivity contribution in [3.05, 3.63) is 71.6 Å². The van der Waals surface area contributed by atoms with E-state index in [4.69, 9.17) is 4.74 Å². The molecule has 0 spiro atoms. The summed E-state index contributed by atoms with van der Waals surface area (Å²) in [5, 5.41) is 0. The summed E-state index contributed by atoms with van der Waals surface area (Å²) < 4.78 is 45.0. The molecule has 1 aliphatic rings. The molecule has 1 amide bonds. The van der Waals surface area contributed by atoms with Crippen LogP contribution in [0.4, 0.5) is 4.39 Å². The number of rotatable bonds is 6. The SMILES string of the molecule is CC(c1ccc(F)cc1)N(C)C(=O)/C=C/c1ccc(S(=O)(=O)N2CCOCC2)cc1. The molecule has 0 N–H and O–H groups in total. The summed E-state index contributed by atoms with van der Waals surface area (Å²) >= 11 is 0.